The van der Waals surface area contributed by atoms with Crippen LogP contribution in [0.25, 0.3) is 0 Å². The Kier molecular flexibility index (Phi) is 3.98. The van der Waals surface area contributed by atoms with Crippen LogP contribution in [-0.2, 0) is 14.2 Å². The molecule has 10 heteroatoms. The second-order valence-corrected chi connectivity index (χ2v) is 5.80. The second kappa shape index (κ2) is 6.30. The van der Waals surface area contributed by atoms with Gasteiger partial charge < -0.3 is 23.9 Å². The molecule has 0 aromatic carbocycles. The lowest BCUT2D eigenvalue weighted by Gasteiger charge is -2.17. The Hall–Kier alpha value is -2.72. The lowest BCUT2D eigenvalue weighted by atomic mass is 10.1. The molecule has 132 valence electrons. The Bertz CT molecular complexity index is 773. The quantitative estimate of drug-likeness (QED) is 0.755. The van der Waals surface area contributed by atoms with Crippen molar-refractivity contribution in [3.8, 4) is 0 Å². The van der Waals surface area contributed by atoms with Crippen LogP contribution >= 0.6 is 0 Å². The predicted molar refractivity (Wildman–Crippen MR) is 79.8 cm³/mol. The lowest BCUT2D eigenvalue weighted by Crippen LogP contribution is -2.44. The fourth-order valence-electron chi connectivity index (χ4n) is 3.11. The third-order valence-corrected chi connectivity index (χ3v) is 4.33. The summed E-state index contributed by atoms with van der Waals surface area (Å²) >= 11 is 0. The Balaban J connectivity index is 1.44. The SMILES string of the molecule is COC(=O)c1cn([C@@H]2CO[C@@H]3[C@@H]2OC[C@@H]3NC(=O)c2ccco2)nn1. The molecule has 2 aliphatic heterocycles. The smallest absolute Gasteiger partial charge is 0.360 e. The van der Waals surface area contributed by atoms with Crippen molar-refractivity contribution in [1.29, 1.82) is 0 Å². The number of esters is 1. The van der Waals surface area contributed by atoms with E-state index in [1.54, 1.807) is 12.1 Å². The number of rotatable bonds is 4. The number of nitrogens with one attached hydrogen (secondary N) is 1. The summed E-state index contributed by atoms with van der Waals surface area (Å²) in [6.07, 6.45) is 2.33. The van der Waals surface area contributed by atoms with Gasteiger partial charge in [-0.1, -0.05) is 5.21 Å². The van der Waals surface area contributed by atoms with Crippen molar-refractivity contribution in [2.24, 2.45) is 0 Å². The minimum Gasteiger partial charge on any atom is -0.464 e. The van der Waals surface area contributed by atoms with Crippen molar-refractivity contribution in [1.82, 2.24) is 20.3 Å². The first-order chi connectivity index (χ1) is 12.2. The number of methoxy groups -OCH3 is 1. The van der Waals surface area contributed by atoms with Crippen molar-refractivity contribution < 1.29 is 28.2 Å². The van der Waals surface area contributed by atoms with Crippen LogP contribution in [0.15, 0.2) is 29.0 Å². The summed E-state index contributed by atoms with van der Waals surface area (Å²) in [6, 6.07) is 2.71. The predicted octanol–water partition coefficient (Wildman–Crippen LogP) is -0.205. The van der Waals surface area contributed by atoms with Crippen molar-refractivity contribution in [3.05, 3.63) is 36.0 Å². The number of aromatic nitrogens is 3. The molecule has 10 nitrogen and oxygen atoms in total. The van der Waals surface area contributed by atoms with E-state index in [-0.39, 0.29) is 41.7 Å². The summed E-state index contributed by atoms with van der Waals surface area (Å²) in [5, 5.41) is 10.6. The van der Waals surface area contributed by atoms with Gasteiger partial charge in [-0.2, -0.15) is 0 Å². The fourth-order valence-corrected chi connectivity index (χ4v) is 3.11. The molecular weight excluding hydrogens is 332 g/mol. The van der Waals surface area contributed by atoms with E-state index in [1.807, 2.05) is 0 Å². The number of nitrogens with zero attached hydrogens (tertiary/aromatic N) is 3. The zero-order valence-electron chi connectivity index (χ0n) is 13.3. The highest BCUT2D eigenvalue weighted by atomic mass is 16.6. The van der Waals surface area contributed by atoms with Crippen LogP contribution in [0.5, 0.6) is 0 Å². The first-order valence-electron chi connectivity index (χ1n) is 7.75. The van der Waals surface area contributed by atoms with Crippen LogP contribution < -0.4 is 5.32 Å². The third kappa shape index (κ3) is 2.79. The van der Waals surface area contributed by atoms with Gasteiger partial charge >= 0.3 is 5.97 Å². The molecule has 4 rings (SSSR count). The van der Waals surface area contributed by atoms with Crippen molar-refractivity contribution in [3.63, 3.8) is 0 Å². The van der Waals surface area contributed by atoms with E-state index in [9.17, 15) is 9.59 Å². The molecule has 2 saturated heterocycles. The summed E-state index contributed by atoms with van der Waals surface area (Å²) in [7, 11) is 1.28. The van der Waals surface area contributed by atoms with Gasteiger partial charge in [0.2, 0.25) is 0 Å². The molecule has 0 unspecified atom stereocenters. The minimum absolute atomic E-state index is 0.117. The molecule has 0 radical (unpaired) electrons. The van der Waals surface area contributed by atoms with Crippen LogP contribution in [0.2, 0.25) is 0 Å². The Morgan fingerprint density at radius 1 is 1.32 bits per heavy atom. The first-order valence-corrected chi connectivity index (χ1v) is 7.75. The lowest BCUT2D eigenvalue weighted by molar-refractivity contribution is 0.0591. The standard InChI is InChI=1S/C15H16N4O6/c1-22-15(21)8-5-19(18-17-8)10-7-25-12-9(6-24-13(10)12)16-14(20)11-3-2-4-23-11/h2-5,9-10,12-13H,6-7H2,1H3,(H,16,20)/t9-,10+,12-,13+/m0/s1. The van der Waals surface area contributed by atoms with Crippen LogP contribution in [0.1, 0.15) is 27.1 Å². The van der Waals surface area contributed by atoms with Gasteiger partial charge in [0, 0.05) is 0 Å². The summed E-state index contributed by atoms with van der Waals surface area (Å²) in [4.78, 5) is 23.6. The summed E-state index contributed by atoms with van der Waals surface area (Å²) < 4.78 is 22.8. The molecule has 2 aromatic heterocycles. The average Bonchev–Trinajstić information content (AvgIpc) is 3.38. The van der Waals surface area contributed by atoms with Gasteiger partial charge in [-0.05, 0) is 12.1 Å². The van der Waals surface area contributed by atoms with Gasteiger partial charge in [0.15, 0.2) is 11.5 Å². The molecule has 25 heavy (non-hydrogen) atoms. The largest absolute Gasteiger partial charge is 0.464 e. The van der Waals surface area contributed by atoms with Crippen molar-refractivity contribution in [2.45, 2.75) is 24.3 Å². The molecule has 0 bridgehead atoms. The maximum Gasteiger partial charge on any atom is 0.360 e. The van der Waals surface area contributed by atoms with Gasteiger partial charge in [0.05, 0.1) is 38.8 Å². The Morgan fingerprint density at radius 2 is 2.16 bits per heavy atom. The number of furan rings is 1. The summed E-state index contributed by atoms with van der Waals surface area (Å²) in [5.74, 6) is -0.644. The summed E-state index contributed by atoms with van der Waals surface area (Å²) in [6.45, 7) is 0.656. The molecule has 2 aromatic rings. The highest BCUT2D eigenvalue weighted by Crippen LogP contribution is 2.34. The van der Waals surface area contributed by atoms with E-state index in [0.29, 0.717) is 13.2 Å². The molecule has 1 amide bonds. The zero-order valence-corrected chi connectivity index (χ0v) is 13.3. The topological polar surface area (TPSA) is 118 Å². The van der Waals surface area contributed by atoms with Gasteiger partial charge in [-0.3, -0.25) is 4.79 Å². The molecule has 4 heterocycles. The van der Waals surface area contributed by atoms with E-state index in [2.05, 4.69) is 20.4 Å². The first kappa shape index (κ1) is 15.8. The zero-order chi connectivity index (χ0) is 17.4. The Labute approximate surface area is 142 Å². The maximum atomic E-state index is 12.1. The van der Waals surface area contributed by atoms with Gasteiger partial charge in [0.1, 0.15) is 18.2 Å². The monoisotopic (exact) mass is 348 g/mol. The molecule has 2 fully saturated rings. The van der Waals surface area contributed by atoms with Crippen LogP contribution in [0.3, 0.4) is 0 Å². The van der Waals surface area contributed by atoms with Crippen LogP contribution in [0.4, 0.5) is 0 Å². The highest BCUT2D eigenvalue weighted by molar-refractivity contribution is 5.91. The number of ether oxygens (including phenoxy) is 3. The van der Waals surface area contributed by atoms with Crippen molar-refractivity contribution >= 4 is 11.9 Å². The normalized spacial score (nSPS) is 27.9. The number of carbonyl (C=O) groups is 2. The van der Waals surface area contributed by atoms with E-state index in [4.69, 9.17) is 13.9 Å². The molecule has 0 spiro atoms. The number of hydrogen-bond acceptors (Lipinski definition) is 8. The fraction of sp³-hybridized carbons (Fsp3) is 0.467. The van der Waals surface area contributed by atoms with Gasteiger partial charge in [0.25, 0.3) is 5.91 Å². The van der Waals surface area contributed by atoms with Gasteiger partial charge in [-0.15, -0.1) is 5.10 Å². The molecule has 0 aliphatic carbocycles. The molecule has 4 atom stereocenters. The minimum atomic E-state index is -0.558. The van der Waals surface area contributed by atoms with Crippen LogP contribution in [-0.4, -0.2) is 65.4 Å². The highest BCUT2D eigenvalue weighted by Gasteiger charge is 2.49. The molecule has 0 saturated carbocycles. The number of carbonyl (C=O) groups excluding carboxylic acids is 2. The molecule has 2 aliphatic rings. The molecular formula is C15H16N4O6. The Morgan fingerprint density at radius 3 is 2.92 bits per heavy atom. The molecule has 1 N–H and O–H groups in total. The van der Waals surface area contributed by atoms with Crippen molar-refractivity contribution in [2.75, 3.05) is 20.3 Å². The summed E-state index contributed by atoms with van der Waals surface area (Å²) in [5.41, 5.74) is 0.117. The van der Waals surface area contributed by atoms with E-state index in [0.717, 1.165) is 0 Å². The second-order valence-electron chi connectivity index (χ2n) is 5.80. The number of fused-ring (bicyclic) bond motifs is 1. The van der Waals surface area contributed by atoms with Gasteiger partial charge in [-0.25, -0.2) is 9.48 Å². The number of amides is 1. The maximum absolute atomic E-state index is 12.1. The van der Waals surface area contributed by atoms with Crippen LogP contribution in [0, 0.1) is 0 Å². The van der Waals surface area contributed by atoms with E-state index in [1.165, 1.54) is 24.3 Å². The average molecular weight is 348 g/mol. The number of hydrogen-bond donors (Lipinski definition) is 1. The van der Waals surface area contributed by atoms with E-state index < -0.39 is 5.97 Å². The van der Waals surface area contributed by atoms with E-state index >= 15 is 0 Å². The third-order valence-electron chi connectivity index (χ3n) is 4.33.